The van der Waals surface area contributed by atoms with Crippen molar-refractivity contribution in [3.8, 4) is 11.5 Å². The first kappa shape index (κ1) is 22.0. The van der Waals surface area contributed by atoms with Crippen LogP contribution in [0.15, 0.2) is 60.7 Å². The zero-order valence-electron chi connectivity index (χ0n) is 18.8. The Balaban J connectivity index is 2.23. The normalized spacial score (nSPS) is 11.9. The van der Waals surface area contributed by atoms with E-state index >= 15 is 0 Å². The van der Waals surface area contributed by atoms with Gasteiger partial charge in [0, 0.05) is 21.5 Å². The monoisotopic (exact) mass is 402 g/mol. The van der Waals surface area contributed by atoms with Crippen LogP contribution in [0.25, 0.3) is 21.5 Å². The van der Waals surface area contributed by atoms with Gasteiger partial charge in [-0.05, 0) is 62.8 Å². The van der Waals surface area contributed by atoms with E-state index in [4.69, 9.17) is 9.47 Å². The first-order valence-electron chi connectivity index (χ1n) is 11.2. The molecule has 0 heterocycles. The van der Waals surface area contributed by atoms with E-state index in [9.17, 15) is 0 Å². The molecule has 3 rings (SSSR count). The fourth-order valence-electron chi connectivity index (χ4n) is 4.00. The van der Waals surface area contributed by atoms with Gasteiger partial charge in [-0.25, -0.2) is 0 Å². The highest BCUT2D eigenvalue weighted by Crippen LogP contribution is 2.44. The maximum absolute atomic E-state index is 6.39. The number of fused-ring (bicyclic) bond motifs is 2. The second-order valence-corrected chi connectivity index (χ2v) is 7.49. The Labute approximate surface area is 181 Å². The molecule has 0 saturated carbocycles. The van der Waals surface area contributed by atoms with Crippen LogP contribution in [-0.2, 0) is 12.8 Å². The first-order valence-corrected chi connectivity index (χ1v) is 11.2. The Kier molecular flexibility index (Phi) is 7.96. The highest BCUT2D eigenvalue weighted by molar-refractivity contribution is 6.11. The summed E-state index contributed by atoms with van der Waals surface area (Å²) in [5.41, 5.74) is 2.77. The lowest BCUT2D eigenvalue weighted by atomic mass is 9.93. The summed E-state index contributed by atoms with van der Waals surface area (Å²) in [5, 5.41) is 4.56. The van der Waals surface area contributed by atoms with Crippen molar-refractivity contribution in [2.45, 2.75) is 53.4 Å². The molecule has 0 amide bonds. The molecule has 0 aliphatic carbocycles. The van der Waals surface area contributed by atoms with E-state index in [2.05, 4.69) is 74.5 Å². The van der Waals surface area contributed by atoms with Crippen LogP contribution >= 0.6 is 0 Å². The van der Waals surface area contributed by atoms with E-state index in [1.807, 2.05) is 13.8 Å². The predicted octanol–water partition coefficient (Wildman–Crippen LogP) is 7.81. The lowest BCUT2D eigenvalue weighted by Gasteiger charge is -2.19. The van der Waals surface area contributed by atoms with E-state index in [0.717, 1.165) is 58.7 Å². The standard InChI is InChI=1S/C28H34O2/c1-5-9-13-17-29-27-23-15-11-12-16-24(23)28(30-18-14-10-6-2)26-20-22(8-4)21(7-3)19-25(26)27/h5-6,9-12,15-16,19-20H,7-8,13-14,17-18H2,1-4H3/b9-5+,10-6+. The van der Waals surface area contributed by atoms with E-state index in [1.165, 1.54) is 11.1 Å². The molecule has 0 aliphatic heterocycles. The van der Waals surface area contributed by atoms with Crippen molar-refractivity contribution < 1.29 is 9.47 Å². The minimum atomic E-state index is 0.669. The Morgan fingerprint density at radius 3 is 1.47 bits per heavy atom. The van der Waals surface area contributed by atoms with E-state index < -0.39 is 0 Å². The average molecular weight is 403 g/mol. The van der Waals surface area contributed by atoms with Crippen molar-refractivity contribution in [3.63, 3.8) is 0 Å². The summed E-state index contributed by atoms with van der Waals surface area (Å²) < 4.78 is 12.8. The molecule has 2 heteroatoms. The lowest BCUT2D eigenvalue weighted by Crippen LogP contribution is -2.03. The quantitative estimate of drug-likeness (QED) is 0.196. The molecule has 3 aromatic rings. The van der Waals surface area contributed by atoms with Crippen molar-refractivity contribution in [1.82, 2.24) is 0 Å². The van der Waals surface area contributed by atoms with Gasteiger partial charge in [0.15, 0.2) is 0 Å². The van der Waals surface area contributed by atoms with Gasteiger partial charge < -0.3 is 9.47 Å². The van der Waals surface area contributed by atoms with Gasteiger partial charge in [0.25, 0.3) is 0 Å². The SMILES string of the molecule is C/C=C/CCOc1c2ccccc2c(OCC/C=C/C)c2cc(CC)c(CC)cc12. The molecule has 0 spiro atoms. The zero-order chi connectivity index (χ0) is 21.3. The number of aryl methyl sites for hydroxylation is 2. The fraction of sp³-hybridized carbons (Fsp3) is 0.357. The van der Waals surface area contributed by atoms with Gasteiger partial charge in [-0.1, -0.05) is 62.4 Å². The van der Waals surface area contributed by atoms with E-state index in [0.29, 0.717) is 13.2 Å². The summed E-state index contributed by atoms with van der Waals surface area (Å²) in [4.78, 5) is 0. The summed E-state index contributed by atoms with van der Waals surface area (Å²) in [6.45, 7) is 9.88. The molecule has 0 fully saturated rings. The Morgan fingerprint density at radius 2 is 1.10 bits per heavy atom. The van der Waals surface area contributed by atoms with Crippen LogP contribution in [0.5, 0.6) is 11.5 Å². The molecule has 0 bridgehead atoms. The molecule has 30 heavy (non-hydrogen) atoms. The van der Waals surface area contributed by atoms with Crippen LogP contribution in [0.3, 0.4) is 0 Å². The van der Waals surface area contributed by atoms with Crippen molar-refractivity contribution >= 4 is 21.5 Å². The second-order valence-electron chi connectivity index (χ2n) is 7.49. The van der Waals surface area contributed by atoms with Gasteiger partial charge in [0.1, 0.15) is 11.5 Å². The van der Waals surface area contributed by atoms with Crippen LogP contribution in [-0.4, -0.2) is 13.2 Å². The van der Waals surface area contributed by atoms with Crippen LogP contribution < -0.4 is 9.47 Å². The van der Waals surface area contributed by atoms with Crippen LogP contribution in [0, 0.1) is 0 Å². The minimum Gasteiger partial charge on any atom is -0.492 e. The third kappa shape index (κ3) is 4.70. The van der Waals surface area contributed by atoms with Crippen molar-refractivity contribution in [2.75, 3.05) is 13.2 Å². The molecule has 0 radical (unpaired) electrons. The van der Waals surface area contributed by atoms with Crippen LogP contribution in [0.4, 0.5) is 0 Å². The van der Waals surface area contributed by atoms with Gasteiger partial charge in [-0.3, -0.25) is 0 Å². The summed E-state index contributed by atoms with van der Waals surface area (Å²) in [6, 6.07) is 13.1. The predicted molar refractivity (Wildman–Crippen MR) is 130 cm³/mol. The third-order valence-corrected chi connectivity index (χ3v) is 5.54. The number of allylic oxidation sites excluding steroid dienone is 2. The molecule has 2 nitrogen and oxygen atoms in total. The van der Waals surface area contributed by atoms with Gasteiger partial charge >= 0.3 is 0 Å². The van der Waals surface area contributed by atoms with Crippen LogP contribution in [0.2, 0.25) is 0 Å². The molecule has 0 N–H and O–H groups in total. The maximum Gasteiger partial charge on any atom is 0.135 e. The molecule has 0 atom stereocenters. The first-order chi connectivity index (χ1) is 14.7. The molecule has 158 valence electrons. The maximum atomic E-state index is 6.39. The fourth-order valence-corrected chi connectivity index (χ4v) is 4.00. The van der Waals surface area contributed by atoms with Crippen molar-refractivity contribution in [3.05, 3.63) is 71.8 Å². The molecule has 0 aliphatic rings. The highest BCUT2D eigenvalue weighted by atomic mass is 16.5. The number of ether oxygens (including phenoxy) is 2. The minimum absolute atomic E-state index is 0.669. The molecular formula is C28H34O2. The van der Waals surface area contributed by atoms with Gasteiger partial charge in [-0.15, -0.1) is 0 Å². The Hall–Kier alpha value is -2.74. The van der Waals surface area contributed by atoms with Crippen molar-refractivity contribution in [2.24, 2.45) is 0 Å². The average Bonchev–Trinajstić information content (AvgIpc) is 2.79. The Bertz CT molecular complexity index is 960. The topological polar surface area (TPSA) is 18.5 Å². The summed E-state index contributed by atoms with van der Waals surface area (Å²) >= 11 is 0. The summed E-state index contributed by atoms with van der Waals surface area (Å²) in [6.07, 6.45) is 12.3. The number of benzene rings is 3. The van der Waals surface area contributed by atoms with Crippen molar-refractivity contribution in [1.29, 1.82) is 0 Å². The second kappa shape index (κ2) is 10.9. The summed E-state index contributed by atoms with van der Waals surface area (Å²) in [5.74, 6) is 1.95. The van der Waals surface area contributed by atoms with E-state index in [1.54, 1.807) is 0 Å². The van der Waals surface area contributed by atoms with Gasteiger partial charge in [-0.2, -0.15) is 0 Å². The van der Waals surface area contributed by atoms with Gasteiger partial charge in [0.05, 0.1) is 13.2 Å². The third-order valence-electron chi connectivity index (χ3n) is 5.54. The molecule has 0 unspecified atom stereocenters. The number of hydrogen-bond acceptors (Lipinski definition) is 2. The molecule has 0 aromatic heterocycles. The molecule has 0 saturated heterocycles. The van der Waals surface area contributed by atoms with E-state index in [-0.39, 0.29) is 0 Å². The molecular weight excluding hydrogens is 368 g/mol. The number of rotatable bonds is 10. The number of hydrogen-bond donors (Lipinski definition) is 0. The largest absolute Gasteiger partial charge is 0.492 e. The van der Waals surface area contributed by atoms with Gasteiger partial charge in [0.2, 0.25) is 0 Å². The summed E-state index contributed by atoms with van der Waals surface area (Å²) in [7, 11) is 0. The zero-order valence-corrected chi connectivity index (χ0v) is 18.8. The smallest absolute Gasteiger partial charge is 0.135 e. The molecule has 3 aromatic carbocycles. The highest BCUT2D eigenvalue weighted by Gasteiger charge is 2.18. The van der Waals surface area contributed by atoms with Crippen LogP contribution in [0.1, 0.15) is 51.7 Å². The lowest BCUT2D eigenvalue weighted by molar-refractivity contribution is 0.327. The Morgan fingerprint density at radius 1 is 0.667 bits per heavy atom.